The first-order valence-corrected chi connectivity index (χ1v) is 7.75. The molecule has 0 aliphatic rings. The molecule has 122 valence electrons. The number of hydrogen-bond acceptors (Lipinski definition) is 3. The topological polar surface area (TPSA) is 35.5 Å². The van der Waals surface area contributed by atoms with E-state index in [9.17, 15) is 4.79 Å². The van der Waals surface area contributed by atoms with Crippen molar-refractivity contribution in [3.05, 3.63) is 84.2 Å². The van der Waals surface area contributed by atoms with Crippen molar-refractivity contribution in [3.63, 3.8) is 0 Å². The molecule has 0 amide bonds. The van der Waals surface area contributed by atoms with Gasteiger partial charge >= 0.3 is 5.97 Å². The van der Waals surface area contributed by atoms with Gasteiger partial charge in [0.15, 0.2) is 0 Å². The molecule has 0 bridgehead atoms. The Bertz CT molecular complexity index is 566. The minimum Gasteiger partial charge on any atom is -0.489 e. The van der Waals surface area contributed by atoms with Crippen LogP contribution >= 0.6 is 0 Å². The predicted molar refractivity (Wildman–Crippen MR) is 93.7 cm³/mol. The summed E-state index contributed by atoms with van der Waals surface area (Å²) in [5.41, 5.74) is 1.13. The molecular weight excluding hydrogens is 288 g/mol. The fourth-order valence-corrected chi connectivity index (χ4v) is 1.73. The molecule has 1 rings (SSSR count). The van der Waals surface area contributed by atoms with Gasteiger partial charge in [0.25, 0.3) is 0 Å². The van der Waals surface area contributed by atoms with Gasteiger partial charge in [-0.25, -0.2) is 4.79 Å². The number of carbonyl (C=O) groups excluding carboxylic acids is 1. The lowest BCUT2D eigenvalue weighted by Gasteiger charge is -2.06. The molecule has 0 spiro atoms. The summed E-state index contributed by atoms with van der Waals surface area (Å²) in [5.74, 6) is 0.485. The molecule has 0 unspecified atom stereocenters. The highest BCUT2D eigenvalue weighted by Gasteiger charge is 1.94. The minimum absolute atomic E-state index is 0.308. The molecule has 1 aromatic rings. The Morgan fingerprint density at radius 3 is 2.57 bits per heavy atom. The van der Waals surface area contributed by atoms with Crippen molar-refractivity contribution in [2.75, 3.05) is 6.61 Å². The van der Waals surface area contributed by atoms with Crippen LogP contribution < -0.4 is 0 Å². The zero-order valence-electron chi connectivity index (χ0n) is 13.8. The Morgan fingerprint density at radius 2 is 1.87 bits per heavy atom. The van der Waals surface area contributed by atoms with Crippen LogP contribution in [0.4, 0.5) is 0 Å². The first kappa shape index (κ1) is 18.5. The molecule has 0 saturated carbocycles. The summed E-state index contributed by atoms with van der Waals surface area (Å²) >= 11 is 0. The summed E-state index contributed by atoms with van der Waals surface area (Å²) in [4.78, 5) is 11.1. The van der Waals surface area contributed by atoms with Gasteiger partial charge in [-0.15, -0.1) is 0 Å². The van der Waals surface area contributed by atoms with Crippen LogP contribution in [0.1, 0.15) is 25.8 Å². The number of benzene rings is 1. The van der Waals surface area contributed by atoms with Crippen LogP contribution in [0.25, 0.3) is 0 Å². The second-order valence-corrected chi connectivity index (χ2v) is 4.66. The molecule has 0 atom stereocenters. The fourth-order valence-electron chi connectivity index (χ4n) is 1.73. The molecule has 0 aliphatic heterocycles. The molecule has 0 radical (unpaired) electrons. The Kier molecular flexibility index (Phi) is 9.68. The van der Waals surface area contributed by atoms with E-state index in [1.54, 1.807) is 13.0 Å². The molecule has 0 saturated heterocycles. The zero-order chi connectivity index (χ0) is 16.8. The van der Waals surface area contributed by atoms with Gasteiger partial charge in [-0.2, -0.15) is 0 Å². The maximum Gasteiger partial charge on any atom is 0.330 e. The van der Waals surface area contributed by atoms with Crippen molar-refractivity contribution in [1.29, 1.82) is 0 Å². The summed E-state index contributed by atoms with van der Waals surface area (Å²) < 4.78 is 10.6. The third-order valence-corrected chi connectivity index (χ3v) is 2.79. The number of ether oxygens (including phenoxy) is 2. The Morgan fingerprint density at radius 1 is 1.09 bits per heavy atom. The van der Waals surface area contributed by atoms with E-state index < -0.39 is 0 Å². The van der Waals surface area contributed by atoms with Crippen molar-refractivity contribution >= 4 is 5.97 Å². The SMILES string of the molecule is C\C=C/C(=C\C=C\C/C=C/C(=O)OCC)OCc1ccccc1. The molecule has 1 aromatic carbocycles. The Labute approximate surface area is 138 Å². The van der Waals surface area contributed by atoms with Crippen LogP contribution in [0.3, 0.4) is 0 Å². The largest absolute Gasteiger partial charge is 0.489 e. The lowest BCUT2D eigenvalue weighted by molar-refractivity contribution is -0.137. The van der Waals surface area contributed by atoms with E-state index >= 15 is 0 Å². The second kappa shape index (κ2) is 12.0. The molecule has 3 heteroatoms. The Balaban J connectivity index is 2.45. The average molecular weight is 312 g/mol. The number of hydrogen-bond donors (Lipinski definition) is 0. The van der Waals surface area contributed by atoms with Crippen molar-refractivity contribution in [1.82, 2.24) is 0 Å². The molecule has 3 nitrogen and oxygen atoms in total. The van der Waals surface area contributed by atoms with Crippen LogP contribution in [0.15, 0.2) is 78.6 Å². The number of rotatable bonds is 9. The van der Waals surface area contributed by atoms with Gasteiger partial charge in [-0.1, -0.05) is 54.6 Å². The van der Waals surface area contributed by atoms with E-state index in [1.165, 1.54) is 6.08 Å². The van der Waals surface area contributed by atoms with Crippen LogP contribution in [-0.2, 0) is 20.9 Å². The first-order valence-electron chi connectivity index (χ1n) is 7.75. The quantitative estimate of drug-likeness (QED) is 0.286. The normalized spacial score (nSPS) is 12.3. The molecule has 0 aromatic heterocycles. The lowest BCUT2D eigenvalue weighted by Crippen LogP contribution is -1.98. The number of carbonyl (C=O) groups is 1. The molecule has 0 N–H and O–H groups in total. The van der Waals surface area contributed by atoms with Crippen LogP contribution in [0.2, 0.25) is 0 Å². The van der Waals surface area contributed by atoms with Gasteiger partial charge in [0.05, 0.1) is 6.61 Å². The molecule has 0 fully saturated rings. The summed E-state index contributed by atoms with van der Waals surface area (Å²) in [7, 11) is 0. The summed E-state index contributed by atoms with van der Waals surface area (Å²) in [6.45, 7) is 4.67. The maximum absolute atomic E-state index is 11.1. The van der Waals surface area contributed by atoms with Crippen molar-refractivity contribution in [2.45, 2.75) is 26.9 Å². The van der Waals surface area contributed by atoms with Crippen LogP contribution in [0, 0.1) is 0 Å². The van der Waals surface area contributed by atoms with E-state index in [0.29, 0.717) is 19.6 Å². The van der Waals surface area contributed by atoms with E-state index in [0.717, 1.165) is 11.3 Å². The predicted octanol–water partition coefficient (Wildman–Crippen LogP) is 4.73. The van der Waals surface area contributed by atoms with E-state index in [-0.39, 0.29) is 5.97 Å². The summed E-state index contributed by atoms with van der Waals surface area (Å²) in [6, 6.07) is 10.0. The smallest absolute Gasteiger partial charge is 0.330 e. The number of allylic oxidation sites excluding steroid dienone is 6. The summed E-state index contributed by atoms with van der Waals surface area (Å²) in [5, 5.41) is 0. The minimum atomic E-state index is -0.308. The number of esters is 1. The monoisotopic (exact) mass is 312 g/mol. The van der Waals surface area contributed by atoms with Gasteiger partial charge in [0.1, 0.15) is 12.4 Å². The van der Waals surface area contributed by atoms with E-state index in [2.05, 4.69) is 0 Å². The van der Waals surface area contributed by atoms with E-state index in [4.69, 9.17) is 9.47 Å². The second-order valence-electron chi connectivity index (χ2n) is 4.66. The average Bonchev–Trinajstić information content (AvgIpc) is 2.57. The highest BCUT2D eigenvalue weighted by Crippen LogP contribution is 2.07. The lowest BCUT2D eigenvalue weighted by atomic mass is 10.2. The van der Waals surface area contributed by atoms with Gasteiger partial charge < -0.3 is 9.47 Å². The van der Waals surface area contributed by atoms with Crippen molar-refractivity contribution in [2.24, 2.45) is 0 Å². The third-order valence-electron chi connectivity index (χ3n) is 2.79. The van der Waals surface area contributed by atoms with Crippen LogP contribution in [-0.4, -0.2) is 12.6 Å². The highest BCUT2D eigenvalue weighted by molar-refractivity contribution is 5.81. The first-order chi connectivity index (χ1) is 11.3. The summed E-state index contributed by atoms with van der Waals surface area (Å²) in [6.07, 6.45) is 13.5. The zero-order valence-corrected chi connectivity index (χ0v) is 13.8. The molecule has 0 heterocycles. The Hall–Kier alpha value is -2.55. The molecule has 0 aliphatic carbocycles. The maximum atomic E-state index is 11.1. The molecular formula is C20H24O3. The van der Waals surface area contributed by atoms with Gasteiger partial charge in [0, 0.05) is 6.08 Å². The van der Waals surface area contributed by atoms with Crippen molar-refractivity contribution in [3.8, 4) is 0 Å². The van der Waals surface area contributed by atoms with Gasteiger partial charge in [-0.05, 0) is 38.0 Å². The van der Waals surface area contributed by atoms with Crippen molar-refractivity contribution < 1.29 is 14.3 Å². The van der Waals surface area contributed by atoms with Gasteiger partial charge in [0.2, 0.25) is 0 Å². The van der Waals surface area contributed by atoms with E-state index in [1.807, 2.05) is 67.6 Å². The molecule has 23 heavy (non-hydrogen) atoms. The standard InChI is InChI=1S/C20H24O3/c1-3-12-19(23-17-18-13-8-7-9-14-18)15-10-5-6-11-16-20(21)22-4-2/h3,5,7-16H,4,6,17H2,1-2H3/b10-5+,12-3-,16-11+,19-15+. The van der Waals surface area contributed by atoms with Crippen LogP contribution in [0.5, 0.6) is 0 Å². The van der Waals surface area contributed by atoms with Gasteiger partial charge in [-0.3, -0.25) is 0 Å². The fraction of sp³-hybridized carbons (Fsp3) is 0.250. The third kappa shape index (κ3) is 9.14. The highest BCUT2D eigenvalue weighted by atomic mass is 16.5.